The molecule has 1 nitrogen and oxygen atoms in total. The topological polar surface area (TPSA) is 23.8 Å². The van der Waals surface area contributed by atoms with Gasteiger partial charge in [0.1, 0.15) is 0 Å². The van der Waals surface area contributed by atoms with Gasteiger partial charge in [-0.2, -0.15) is 5.26 Å². The Labute approximate surface area is 92.1 Å². The van der Waals surface area contributed by atoms with Crippen molar-refractivity contribution in [2.45, 2.75) is 24.2 Å². The van der Waals surface area contributed by atoms with Crippen molar-refractivity contribution in [3.8, 4) is 6.07 Å². The van der Waals surface area contributed by atoms with Gasteiger partial charge in [-0.05, 0) is 36.8 Å². The quantitative estimate of drug-likeness (QED) is 0.565. The fourth-order valence-corrected chi connectivity index (χ4v) is 2.00. The molecule has 0 saturated heterocycles. The molecule has 0 radical (unpaired) electrons. The van der Waals surface area contributed by atoms with Crippen LogP contribution in [-0.4, -0.2) is 5.75 Å². The number of thioether (sulfide) groups is 1. The van der Waals surface area contributed by atoms with E-state index >= 15 is 0 Å². The smallest absolute Gasteiger partial charge is 0.159 e. The number of nitrogens with zero attached hydrogens (tertiary/aromatic N) is 1. The van der Waals surface area contributed by atoms with Crippen molar-refractivity contribution in [3.63, 3.8) is 0 Å². The molecule has 1 aromatic carbocycles. The molecule has 4 heteroatoms. The molecule has 0 spiro atoms. The van der Waals surface area contributed by atoms with Crippen molar-refractivity contribution in [1.82, 2.24) is 0 Å². The molecular formula is C11H11F2NS. The molecule has 0 aliphatic rings. The minimum absolute atomic E-state index is 0.554. The average molecular weight is 227 g/mol. The number of hydrogen-bond donors (Lipinski definition) is 0. The first-order valence-corrected chi connectivity index (χ1v) is 5.67. The first-order chi connectivity index (χ1) is 7.24. The Morgan fingerprint density at radius 2 is 2.00 bits per heavy atom. The summed E-state index contributed by atoms with van der Waals surface area (Å²) in [6, 6.07) is 5.96. The molecule has 1 rings (SSSR count). The highest BCUT2D eigenvalue weighted by Gasteiger charge is 2.02. The minimum Gasteiger partial charge on any atom is -0.204 e. The maximum Gasteiger partial charge on any atom is 0.159 e. The average Bonchev–Trinajstić information content (AvgIpc) is 2.23. The number of benzene rings is 1. The lowest BCUT2D eigenvalue weighted by molar-refractivity contribution is 0.506. The lowest BCUT2D eigenvalue weighted by Gasteiger charge is -2.01. The van der Waals surface area contributed by atoms with Crippen LogP contribution >= 0.6 is 11.8 Å². The van der Waals surface area contributed by atoms with Gasteiger partial charge in [0.25, 0.3) is 0 Å². The van der Waals surface area contributed by atoms with Crippen molar-refractivity contribution in [2.24, 2.45) is 0 Å². The van der Waals surface area contributed by atoms with E-state index in [1.165, 1.54) is 17.8 Å². The van der Waals surface area contributed by atoms with Crippen LogP contribution in [-0.2, 0) is 0 Å². The zero-order chi connectivity index (χ0) is 11.1. The van der Waals surface area contributed by atoms with Crippen LogP contribution in [0.3, 0.4) is 0 Å². The number of halogens is 2. The fourth-order valence-electron chi connectivity index (χ4n) is 1.06. The van der Waals surface area contributed by atoms with Crippen molar-refractivity contribution in [2.75, 3.05) is 5.75 Å². The Morgan fingerprint density at radius 3 is 2.67 bits per heavy atom. The summed E-state index contributed by atoms with van der Waals surface area (Å²) in [7, 11) is 0. The molecule has 0 atom stereocenters. The Bertz CT molecular complexity index is 360. The summed E-state index contributed by atoms with van der Waals surface area (Å²) in [6.45, 7) is 0. The van der Waals surface area contributed by atoms with Gasteiger partial charge in [-0.3, -0.25) is 0 Å². The molecule has 0 amide bonds. The molecule has 1 aromatic rings. The molecule has 15 heavy (non-hydrogen) atoms. The zero-order valence-electron chi connectivity index (χ0n) is 8.17. The van der Waals surface area contributed by atoms with Gasteiger partial charge < -0.3 is 0 Å². The fraction of sp³-hybridized carbons (Fsp3) is 0.364. The van der Waals surface area contributed by atoms with E-state index in [0.29, 0.717) is 6.42 Å². The van der Waals surface area contributed by atoms with E-state index in [1.54, 1.807) is 6.07 Å². The van der Waals surface area contributed by atoms with E-state index in [2.05, 4.69) is 6.07 Å². The Morgan fingerprint density at radius 1 is 1.20 bits per heavy atom. The van der Waals surface area contributed by atoms with Crippen molar-refractivity contribution in [1.29, 1.82) is 5.26 Å². The normalized spacial score (nSPS) is 9.93. The lowest BCUT2D eigenvalue weighted by atomic mass is 10.3. The molecule has 0 heterocycles. The third-order valence-corrected chi connectivity index (χ3v) is 2.92. The minimum atomic E-state index is -0.816. The van der Waals surface area contributed by atoms with Gasteiger partial charge >= 0.3 is 0 Å². The first-order valence-electron chi connectivity index (χ1n) is 4.69. The largest absolute Gasteiger partial charge is 0.204 e. The molecule has 0 aliphatic carbocycles. The van der Waals surface area contributed by atoms with E-state index in [9.17, 15) is 8.78 Å². The second kappa shape index (κ2) is 6.41. The predicted octanol–water partition coefficient (Wildman–Crippen LogP) is 3.75. The highest BCUT2D eigenvalue weighted by atomic mass is 32.2. The predicted molar refractivity (Wildman–Crippen MR) is 56.5 cm³/mol. The monoisotopic (exact) mass is 227 g/mol. The SMILES string of the molecule is N#CCCCCSc1ccc(F)c(F)c1. The van der Waals surface area contributed by atoms with Gasteiger partial charge in [0.05, 0.1) is 6.07 Å². The van der Waals surface area contributed by atoms with Crippen LogP contribution < -0.4 is 0 Å². The number of nitriles is 1. The van der Waals surface area contributed by atoms with Gasteiger partial charge in [-0.25, -0.2) is 8.78 Å². The van der Waals surface area contributed by atoms with Crippen LogP contribution in [0.15, 0.2) is 23.1 Å². The molecule has 0 saturated carbocycles. The van der Waals surface area contributed by atoms with Crippen LogP contribution in [0.2, 0.25) is 0 Å². The molecule has 0 unspecified atom stereocenters. The number of rotatable bonds is 5. The van der Waals surface area contributed by atoms with Crippen molar-refractivity contribution in [3.05, 3.63) is 29.8 Å². The maximum absolute atomic E-state index is 12.8. The van der Waals surface area contributed by atoms with Crippen molar-refractivity contribution < 1.29 is 8.78 Å². The summed E-state index contributed by atoms with van der Waals surface area (Å²) in [5, 5.41) is 8.30. The van der Waals surface area contributed by atoms with E-state index in [1.807, 2.05) is 0 Å². The standard InChI is InChI=1S/C11H11F2NS/c12-10-5-4-9(8-11(10)13)15-7-3-1-2-6-14/h4-5,8H,1-3,7H2. The van der Waals surface area contributed by atoms with E-state index in [0.717, 1.165) is 29.6 Å². The Hall–Kier alpha value is -1.08. The molecule has 0 aromatic heterocycles. The molecule has 0 N–H and O–H groups in total. The van der Waals surface area contributed by atoms with E-state index in [4.69, 9.17) is 5.26 Å². The van der Waals surface area contributed by atoms with Crippen LogP contribution in [0.5, 0.6) is 0 Å². The Kier molecular flexibility index (Phi) is 5.13. The van der Waals surface area contributed by atoms with Crippen LogP contribution in [0, 0.1) is 23.0 Å². The summed E-state index contributed by atoms with van der Waals surface area (Å²) in [5.74, 6) is -0.798. The zero-order valence-corrected chi connectivity index (χ0v) is 8.99. The third kappa shape index (κ3) is 4.30. The second-order valence-electron chi connectivity index (χ2n) is 3.04. The summed E-state index contributed by atoms with van der Waals surface area (Å²) in [6.07, 6.45) is 2.32. The highest BCUT2D eigenvalue weighted by molar-refractivity contribution is 7.99. The number of unbranched alkanes of at least 4 members (excludes halogenated alkanes) is 2. The van der Waals surface area contributed by atoms with Crippen LogP contribution in [0.1, 0.15) is 19.3 Å². The van der Waals surface area contributed by atoms with Gasteiger partial charge in [0, 0.05) is 11.3 Å². The van der Waals surface area contributed by atoms with Gasteiger partial charge in [0.2, 0.25) is 0 Å². The molecular weight excluding hydrogens is 216 g/mol. The summed E-state index contributed by atoms with van der Waals surface area (Å²) >= 11 is 1.48. The molecule has 0 aliphatic heterocycles. The molecule has 0 bridgehead atoms. The maximum atomic E-state index is 12.8. The van der Waals surface area contributed by atoms with E-state index in [-0.39, 0.29) is 0 Å². The second-order valence-corrected chi connectivity index (χ2v) is 4.21. The lowest BCUT2D eigenvalue weighted by Crippen LogP contribution is -1.85. The van der Waals surface area contributed by atoms with Gasteiger partial charge in [-0.15, -0.1) is 11.8 Å². The summed E-state index contributed by atoms with van der Waals surface area (Å²) < 4.78 is 25.3. The third-order valence-electron chi connectivity index (χ3n) is 1.84. The molecule has 0 fully saturated rings. The van der Waals surface area contributed by atoms with Crippen molar-refractivity contribution >= 4 is 11.8 Å². The Balaban J connectivity index is 2.32. The molecule has 80 valence electrons. The number of hydrogen-bond acceptors (Lipinski definition) is 2. The summed E-state index contributed by atoms with van der Waals surface area (Å²) in [5.41, 5.74) is 0. The first kappa shape index (κ1) is 12.0. The summed E-state index contributed by atoms with van der Waals surface area (Å²) in [4.78, 5) is 0.728. The van der Waals surface area contributed by atoms with Gasteiger partial charge in [0.15, 0.2) is 11.6 Å². The highest BCUT2D eigenvalue weighted by Crippen LogP contribution is 2.21. The van der Waals surface area contributed by atoms with E-state index < -0.39 is 11.6 Å². The van der Waals surface area contributed by atoms with Gasteiger partial charge in [-0.1, -0.05) is 0 Å². The van der Waals surface area contributed by atoms with Crippen LogP contribution in [0.25, 0.3) is 0 Å². The van der Waals surface area contributed by atoms with Crippen LogP contribution in [0.4, 0.5) is 8.78 Å².